The Bertz CT molecular complexity index is 658. The Kier molecular flexibility index (Phi) is 4.45. The summed E-state index contributed by atoms with van der Waals surface area (Å²) in [5.74, 6) is 0.242. The Balaban J connectivity index is 2.51. The van der Waals surface area contributed by atoms with E-state index in [1.54, 1.807) is 4.57 Å². The summed E-state index contributed by atoms with van der Waals surface area (Å²) in [5.41, 5.74) is 3.54. The summed E-state index contributed by atoms with van der Waals surface area (Å²) in [4.78, 5) is 12.6. The Morgan fingerprint density at radius 2 is 1.64 bits per heavy atom. The molecule has 0 N–H and O–H groups in total. The van der Waals surface area contributed by atoms with Gasteiger partial charge in [-0.25, -0.2) is 9.36 Å². The molecule has 0 atom stereocenters. The third-order valence-electron chi connectivity index (χ3n) is 3.43. The first-order chi connectivity index (χ1) is 10.2. The molecule has 0 saturated heterocycles. The van der Waals surface area contributed by atoms with E-state index in [0.29, 0.717) is 0 Å². The maximum atomic E-state index is 12.6. The molecular weight excluding hydrogens is 274 g/mol. The number of rotatable bonds is 2. The highest BCUT2D eigenvalue weighted by Gasteiger charge is 2.23. The van der Waals surface area contributed by atoms with Crippen LogP contribution in [0.15, 0.2) is 36.4 Å². The molecule has 0 unspecified atom stereocenters. The molecule has 22 heavy (non-hydrogen) atoms. The molecule has 0 radical (unpaired) electrons. The topological polar surface area (TPSA) is 31.2 Å². The molecule has 0 fully saturated rings. The number of ether oxygens (including phenoxy) is 1. The second kappa shape index (κ2) is 5.99. The van der Waals surface area contributed by atoms with Gasteiger partial charge in [0, 0.05) is 5.69 Å². The number of nitrogens with zero attached hydrogens (tertiary/aromatic N) is 1. The predicted octanol–water partition coefficient (Wildman–Crippen LogP) is 5.37. The molecule has 0 bridgehead atoms. The van der Waals surface area contributed by atoms with Crippen molar-refractivity contribution in [2.75, 3.05) is 0 Å². The maximum absolute atomic E-state index is 12.6. The van der Waals surface area contributed by atoms with Crippen LogP contribution in [0.5, 0.6) is 0 Å². The molecule has 0 saturated carbocycles. The summed E-state index contributed by atoms with van der Waals surface area (Å²) in [6.07, 6.45) is -0.322. The Hall–Kier alpha value is -2.03. The molecule has 2 aromatic rings. The van der Waals surface area contributed by atoms with Crippen LogP contribution in [0.3, 0.4) is 0 Å². The van der Waals surface area contributed by atoms with Gasteiger partial charge in [-0.15, -0.1) is 0 Å². The minimum absolute atomic E-state index is 0.242. The SMILES string of the molecule is Cc1ccc(-c2ccc(C(C)C)n2C(=O)OC(C)(C)C)cc1. The number of carbonyl (C=O) groups excluding carboxylic acids is 1. The minimum Gasteiger partial charge on any atom is -0.443 e. The second-order valence-electron chi connectivity index (χ2n) is 6.98. The maximum Gasteiger partial charge on any atom is 0.419 e. The van der Waals surface area contributed by atoms with Crippen molar-refractivity contribution < 1.29 is 9.53 Å². The van der Waals surface area contributed by atoms with E-state index in [-0.39, 0.29) is 12.0 Å². The van der Waals surface area contributed by atoms with Gasteiger partial charge in [-0.3, -0.25) is 0 Å². The van der Waals surface area contributed by atoms with Crippen LogP contribution in [0.1, 0.15) is 51.8 Å². The number of aryl methyl sites for hydroxylation is 1. The summed E-state index contributed by atoms with van der Waals surface area (Å²) in [6.45, 7) is 11.9. The van der Waals surface area contributed by atoms with Crippen molar-refractivity contribution in [3.8, 4) is 11.3 Å². The smallest absolute Gasteiger partial charge is 0.419 e. The first-order valence-corrected chi connectivity index (χ1v) is 7.71. The van der Waals surface area contributed by atoms with Crippen molar-refractivity contribution in [3.63, 3.8) is 0 Å². The fourth-order valence-electron chi connectivity index (χ4n) is 2.36. The molecule has 0 aliphatic rings. The molecular formula is C19H25NO2. The van der Waals surface area contributed by atoms with Gasteiger partial charge in [0.05, 0.1) is 5.69 Å². The zero-order chi connectivity index (χ0) is 16.5. The van der Waals surface area contributed by atoms with Crippen molar-refractivity contribution in [3.05, 3.63) is 47.7 Å². The van der Waals surface area contributed by atoms with E-state index in [2.05, 4.69) is 32.9 Å². The van der Waals surface area contributed by atoms with Crippen molar-refractivity contribution in [2.24, 2.45) is 0 Å². The van der Waals surface area contributed by atoms with Crippen molar-refractivity contribution in [1.29, 1.82) is 0 Å². The number of carbonyl (C=O) groups is 1. The standard InChI is InChI=1S/C19H25NO2/c1-13(2)16-11-12-17(15-9-7-14(3)8-10-15)20(16)18(21)22-19(4,5)6/h7-13H,1-6H3. The van der Waals surface area contributed by atoms with Crippen molar-refractivity contribution in [2.45, 2.75) is 53.1 Å². The normalized spacial score (nSPS) is 11.8. The summed E-state index contributed by atoms with van der Waals surface area (Å²) in [5, 5.41) is 0. The Morgan fingerprint density at radius 1 is 1.05 bits per heavy atom. The minimum atomic E-state index is -0.514. The van der Waals surface area contributed by atoms with Crippen LogP contribution in [0, 0.1) is 6.92 Å². The lowest BCUT2D eigenvalue weighted by molar-refractivity contribution is 0.0534. The molecule has 0 aliphatic heterocycles. The van der Waals surface area contributed by atoms with Crippen LogP contribution in [0.25, 0.3) is 11.3 Å². The van der Waals surface area contributed by atoms with Gasteiger partial charge in [0.15, 0.2) is 0 Å². The highest BCUT2D eigenvalue weighted by molar-refractivity contribution is 5.80. The van der Waals surface area contributed by atoms with Crippen molar-refractivity contribution >= 4 is 6.09 Å². The van der Waals surface area contributed by atoms with Gasteiger partial charge < -0.3 is 4.74 Å². The zero-order valence-corrected chi connectivity index (χ0v) is 14.3. The number of benzene rings is 1. The van der Waals surface area contributed by atoms with E-state index < -0.39 is 5.60 Å². The van der Waals surface area contributed by atoms with E-state index >= 15 is 0 Å². The first-order valence-electron chi connectivity index (χ1n) is 7.71. The second-order valence-corrected chi connectivity index (χ2v) is 6.98. The van der Waals surface area contributed by atoms with E-state index in [1.807, 2.05) is 45.0 Å². The van der Waals surface area contributed by atoms with Crippen LogP contribution in [0.4, 0.5) is 4.79 Å². The largest absolute Gasteiger partial charge is 0.443 e. The molecule has 118 valence electrons. The zero-order valence-electron chi connectivity index (χ0n) is 14.3. The average molecular weight is 299 g/mol. The van der Waals surface area contributed by atoms with Gasteiger partial charge in [-0.1, -0.05) is 43.7 Å². The molecule has 1 heterocycles. The lowest BCUT2D eigenvalue weighted by atomic mass is 10.1. The van der Waals surface area contributed by atoms with Crippen LogP contribution in [0.2, 0.25) is 0 Å². The highest BCUT2D eigenvalue weighted by Crippen LogP contribution is 2.28. The van der Waals surface area contributed by atoms with Gasteiger partial charge in [-0.2, -0.15) is 0 Å². The van der Waals surface area contributed by atoms with E-state index in [1.165, 1.54) is 5.56 Å². The van der Waals surface area contributed by atoms with E-state index in [0.717, 1.165) is 17.0 Å². The van der Waals surface area contributed by atoms with Gasteiger partial charge in [0.1, 0.15) is 5.60 Å². The lowest BCUT2D eigenvalue weighted by Crippen LogP contribution is -2.28. The quantitative estimate of drug-likeness (QED) is 0.746. The Morgan fingerprint density at radius 3 is 2.14 bits per heavy atom. The third kappa shape index (κ3) is 3.59. The Labute approximate surface area is 132 Å². The van der Waals surface area contributed by atoms with Crippen LogP contribution >= 0.6 is 0 Å². The van der Waals surface area contributed by atoms with Gasteiger partial charge in [0.25, 0.3) is 0 Å². The molecule has 2 rings (SSSR count). The van der Waals surface area contributed by atoms with Gasteiger partial charge in [-0.05, 0) is 51.3 Å². The van der Waals surface area contributed by atoms with Crippen molar-refractivity contribution in [1.82, 2.24) is 4.57 Å². The van der Waals surface area contributed by atoms with E-state index in [9.17, 15) is 4.79 Å². The molecule has 1 aromatic carbocycles. The molecule has 0 aliphatic carbocycles. The fraction of sp³-hybridized carbons (Fsp3) is 0.421. The number of aromatic nitrogens is 1. The van der Waals surface area contributed by atoms with Crippen LogP contribution in [-0.2, 0) is 4.74 Å². The fourth-order valence-corrected chi connectivity index (χ4v) is 2.36. The highest BCUT2D eigenvalue weighted by atomic mass is 16.6. The molecule has 3 nitrogen and oxygen atoms in total. The first kappa shape index (κ1) is 16.3. The molecule has 1 aromatic heterocycles. The number of hydrogen-bond donors (Lipinski definition) is 0. The van der Waals surface area contributed by atoms with Gasteiger partial charge >= 0.3 is 6.09 Å². The summed E-state index contributed by atoms with van der Waals surface area (Å²) >= 11 is 0. The van der Waals surface area contributed by atoms with E-state index in [4.69, 9.17) is 4.74 Å². The monoisotopic (exact) mass is 299 g/mol. The molecule has 3 heteroatoms. The van der Waals surface area contributed by atoms with Gasteiger partial charge in [0.2, 0.25) is 0 Å². The van der Waals surface area contributed by atoms with Crippen LogP contribution < -0.4 is 0 Å². The summed E-state index contributed by atoms with van der Waals surface area (Å²) in [7, 11) is 0. The molecule has 0 spiro atoms. The molecule has 0 amide bonds. The third-order valence-corrected chi connectivity index (χ3v) is 3.43. The van der Waals surface area contributed by atoms with Crippen LogP contribution in [-0.4, -0.2) is 16.3 Å². The number of hydrogen-bond acceptors (Lipinski definition) is 2. The summed E-state index contributed by atoms with van der Waals surface area (Å²) < 4.78 is 7.28. The average Bonchev–Trinajstić information content (AvgIpc) is 2.82. The predicted molar refractivity (Wildman–Crippen MR) is 90.3 cm³/mol. The lowest BCUT2D eigenvalue weighted by Gasteiger charge is -2.22. The summed E-state index contributed by atoms with van der Waals surface area (Å²) in [6, 6.07) is 12.2.